The zero-order valence-corrected chi connectivity index (χ0v) is 22.3. The average molecular weight is 527 g/mol. The van der Waals surface area contributed by atoms with E-state index in [1.54, 1.807) is 6.07 Å². The molecule has 1 fully saturated rings. The lowest BCUT2D eigenvalue weighted by atomic mass is 9.75. The minimum absolute atomic E-state index is 0.465. The number of likely N-dealkylation sites (tertiary alicyclic amines) is 1. The lowest BCUT2D eigenvalue weighted by molar-refractivity contribution is -0.137. The second-order valence-electron chi connectivity index (χ2n) is 10.6. The molecule has 0 radical (unpaired) electrons. The van der Waals surface area contributed by atoms with Crippen molar-refractivity contribution >= 4 is 17.7 Å². The van der Waals surface area contributed by atoms with E-state index in [-0.39, 0.29) is 0 Å². The van der Waals surface area contributed by atoms with Gasteiger partial charge in [-0.2, -0.15) is 18.4 Å². The van der Waals surface area contributed by atoms with Crippen molar-refractivity contribution in [2.75, 3.05) is 19.6 Å². The fourth-order valence-corrected chi connectivity index (χ4v) is 6.06. The van der Waals surface area contributed by atoms with Crippen molar-refractivity contribution in [3.8, 4) is 6.07 Å². The third-order valence-electron chi connectivity index (χ3n) is 8.35. The summed E-state index contributed by atoms with van der Waals surface area (Å²) in [5.41, 5.74) is 6.72. The highest BCUT2D eigenvalue weighted by molar-refractivity contribution is 5.94. The van der Waals surface area contributed by atoms with Gasteiger partial charge < -0.3 is 4.90 Å². The second-order valence-corrected chi connectivity index (χ2v) is 10.6. The number of benzene rings is 3. The van der Waals surface area contributed by atoms with Crippen LogP contribution in [0.5, 0.6) is 0 Å². The molecule has 0 saturated carbocycles. The van der Waals surface area contributed by atoms with Crippen LogP contribution in [0.2, 0.25) is 0 Å². The van der Waals surface area contributed by atoms with Crippen LogP contribution in [0.3, 0.4) is 0 Å². The van der Waals surface area contributed by atoms with Crippen LogP contribution in [-0.4, -0.2) is 24.5 Å². The molecule has 39 heavy (non-hydrogen) atoms. The van der Waals surface area contributed by atoms with Crippen molar-refractivity contribution in [2.45, 2.75) is 50.6 Å². The molecule has 5 heteroatoms. The Morgan fingerprint density at radius 2 is 1.41 bits per heavy atom. The van der Waals surface area contributed by atoms with E-state index in [9.17, 15) is 18.4 Å². The Kier molecular flexibility index (Phi) is 7.77. The summed E-state index contributed by atoms with van der Waals surface area (Å²) < 4.78 is 39.9. The normalized spacial score (nSPS) is 17.1. The van der Waals surface area contributed by atoms with Gasteiger partial charge in [0.05, 0.1) is 17.0 Å². The summed E-state index contributed by atoms with van der Waals surface area (Å²) in [6.07, 6.45) is 3.73. The molecule has 2 nitrogen and oxygen atoms in total. The Hall–Kier alpha value is -3.62. The second kappa shape index (κ2) is 11.2. The van der Waals surface area contributed by atoms with Crippen LogP contribution in [-0.2, 0) is 11.6 Å². The van der Waals surface area contributed by atoms with Crippen LogP contribution < -0.4 is 0 Å². The quantitative estimate of drug-likeness (QED) is 0.251. The number of hydrogen-bond acceptors (Lipinski definition) is 2. The average Bonchev–Trinajstić information content (AvgIpc) is 3.13. The molecular weight excluding hydrogens is 493 g/mol. The minimum Gasteiger partial charge on any atom is -0.303 e. The predicted octanol–water partition coefficient (Wildman–Crippen LogP) is 8.74. The molecule has 1 atom stereocenters. The van der Waals surface area contributed by atoms with Crippen molar-refractivity contribution in [1.82, 2.24) is 4.90 Å². The third-order valence-corrected chi connectivity index (χ3v) is 8.35. The highest BCUT2D eigenvalue weighted by atomic mass is 19.4. The summed E-state index contributed by atoms with van der Waals surface area (Å²) in [4.78, 5) is 2.43. The molecule has 1 heterocycles. The summed E-state index contributed by atoms with van der Waals surface area (Å²) >= 11 is 0. The first kappa shape index (κ1) is 27.0. The first-order valence-electron chi connectivity index (χ1n) is 13.7. The van der Waals surface area contributed by atoms with Crippen LogP contribution in [0.15, 0.2) is 78.4 Å². The number of rotatable bonds is 6. The molecule has 1 aliphatic heterocycles. The number of piperidine rings is 1. The standard InChI is InChI=1S/C34H33F3N2/c1-2-33(24-38,28-11-7-12-29(23-28)34(35,36)37)19-8-20-39-21-17-27(18-22-39)32-30-13-5-3-9-25(30)15-16-26-10-4-6-14-31(26)32/h3-7,9-16,23H,2,8,17-22H2,1H3. The summed E-state index contributed by atoms with van der Waals surface area (Å²) in [6.45, 7) is 4.59. The van der Waals surface area contributed by atoms with Gasteiger partial charge in [0.25, 0.3) is 0 Å². The number of fused-ring (bicyclic) bond motifs is 2. The predicted molar refractivity (Wildman–Crippen MR) is 152 cm³/mol. The van der Waals surface area contributed by atoms with Crippen molar-refractivity contribution in [1.29, 1.82) is 5.26 Å². The molecule has 1 unspecified atom stereocenters. The summed E-state index contributed by atoms with van der Waals surface area (Å²) in [5, 5.41) is 10.1. The maximum atomic E-state index is 13.3. The maximum absolute atomic E-state index is 13.3. The monoisotopic (exact) mass is 526 g/mol. The van der Waals surface area contributed by atoms with Gasteiger partial charge in [0.2, 0.25) is 0 Å². The van der Waals surface area contributed by atoms with Crippen molar-refractivity contribution < 1.29 is 13.2 Å². The van der Waals surface area contributed by atoms with Crippen molar-refractivity contribution in [3.63, 3.8) is 0 Å². The Morgan fingerprint density at radius 3 is 1.97 bits per heavy atom. The molecule has 200 valence electrons. The van der Waals surface area contributed by atoms with E-state index in [1.807, 2.05) is 6.92 Å². The van der Waals surface area contributed by atoms with E-state index in [0.717, 1.165) is 51.0 Å². The molecule has 5 rings (SSSR count). The molecular formula is C34H33F3N2. The smallest absolute Gasteiger partial charge is 0.303 e. The van der Waals surface area contributed by atoms with Gasteiger partial charge in [0.15, 0.2) is 0 Å². The lowest BCUT2D eigenvalue weighted by Gasteiger charge is -2.32. The van der Waals surface area contributed by atoms with Gasteiger partial charge in [0.1, 0.15) is 0 Å². The summed E-state index contributed by atoms with van der Waals surface area (Å²) in [6, 6.07) is 24.8. The van der Waals surface area contributed by atoms with Gasteiger partial charge in [-0.15, -0.1) is 0 Å². The van der Waals surface area contributed by atoms with Crippen molar-refractivity contribution in [3.05, 3.63) is 112 Å². The van der Waals surface area contributed by atoms with Crippen LogP contribution in [0.25, 0.3) is 17.7 Å². The van der Waals surface area contributed by atoms with Crippen LogP contribution >= 0.6 is 0 Å². The van der Waals surface area contributed by atoms with E-state index in [1.165, 1.54) is 39.5 Å². The molecule has 3 aromatic carbocycles. The molecule has 3 aromatic rings. The summed E-state index contributed by atoms with van der Waals surface area (Å²) in [5.74, 6) is 0. The van der Waals surface area contributed by atoms with Gasteiger partial charge in [-0.05, 0) is 78.1 Å². The Balaban J connectivity index is 1.29. The van der Waals surface area contributed by atoms with E-state index >= 15 is 0 Å². The first-order valence-corrected chi connectivity index (χ1v) is 13.7. The zero-order chi connectivity index (χ0) is 27.5. The molecule has 1 saturated heterocycles. The fourth-order valence-electron chi connectivity index (χ4n) is 6.06. The molecule has 2 aliphatic rings. The lowest BCUT2D eigenvalue weighted by Crippen LogP contribution is -2.33. The van der Waals surface area contributed by atoms with Crippen LogP contribution in [0.4, 0.5) is 13.2 Å². The SMILES string of the molecule is CCC(C#N)(CCCN1CCC(=C2c3ccccc3C=Cc3ccccc32)CC1)c1cccc(C(F)(F)F)c1. The van der Waals surface area contributed by atoms with E-state index in [4.69, 9.17) is 0 Å². The molecule has 1 aliphatic carbocycles. The molecule has 0 spiro atoms. The largest absolute Gasteiger partial charge is 0.416 e. The van der Waals surface area contributed by atoms with E-state index in [0.29, 0.717) is 18.4 Å². The zero-order valence-electron chi connectivity index (χ0n) is 22.3. The Bertz CT molecular complexity index is 1380. The number of nitrogens with zero attached hydrogens (tertiary/aromatic N) is 2. The molecule has 0 N–H and O–H groups in total. The van der Waals surface area contributed by atoms with Crippen LogP contribution in [0.1, 0.15) is 72.4 Å². The van der Waals surface area contributed by atoms with Gasteiger partial charge in [-0.25, -0.2) is 0 Å². The Labute approximate surface area is 229 Å². The molecule has 0 bridgehead atoms. The van der Waals surface area contributed by atoms with E-state index in [2.05, 4.69) is 71.7 Å². The maximum Gasteiger partial charge on any atom is 0.416 e. The summed E-state index contributed by atoms with van der Waals surface area (Å²) in [7, 11) is 0. The number of alkyl halides is 3. The Morgan fingerprint density at radius 1 is 0.821 bits per heavy atom. The molecule has 0 amide bonds. The van der Waals surface area contributed by atoms with Gasteiger partial charge >= 0.3 is 6.18 Å². The fraction of sp³-hybridized carbons (Fsp3) is 0.324. The highest BCUT2D eigenvalue weighted by Gasteiger charge is 2.35. The number of nitriles is 1. The van der Waals surface area contributed by atoms with E-state index < -0.39 is 17.2 Å². The topological polar surface area (TPSA) is 27.0 Å². The highest BCUT2D eigenvalue weighted by Crippen LogP contribution is 2.40. The first-order chi connectivity index (χ1) is 18.8. The van der Waals surface area contributed by atoms with Gasteiger partial charge in [-0.3, -0.25) is 0 Å². The van der Waals surface area contributed by atoms with Crippen LogP contribution in [0, 0.1) is 11.3 Å². The number of halogens is 3. The van der Waals surface area contributed by atoms with Crippen molar-refractivity contribution in [2.24, 2.45) is 0 Å². The van der Waals surface area contributed by atoms with Gasteiger partial charge in [-0.1, -0.05) is 91.4 Å². The minimum atomic E-state index is -4.42. The molecule has 0 aromatic heterocycles. The number of hydrogen-bond donors (Lipinski definition) is 0. The van der Waals surface area contributed by atoms with Gasteiger partial charge in [0, 0.05) is 13.1 Å². The third kappa shape index (κ3) is 5.58.